The largest absolute Gasteiger partial charge is 0.392 e. The summed E-state index contributed by atoms with van der Waals surface area (Å²) < 4.78 is 0. The average Bonchev–Trinajstić information content (AvgIpc) is 2.44. The maximum absolute atomic E-state index is 10.1. The van der Waals surface area contributed by atoms with Gasteiger partial charge >= 0.3 is 0 Å². The molecule has 0 aromatic rings. The molecule has 2 N–H and O–H groups in total. The Bertz CT molecular complexity index is 232. The molecule has 0 heterocycles. The van der Waals surface area contributed by atoms with Crippen LogP contribution in [-0.2, 0) is 0 Å². The van der Waals surface area contributed by atoms with Crippen molar-refractivity contribution >= 4 is 0 Å². The molecule has 2 nitrogen and oxygen atoms in total. The Labute approximate surface area is 125 Å². The van der Waals surface area contributed by atoms with Crippen molar-refractivity contribution in [1.29, 1.82) is 0 Å². The van der Waals surface area contributed by atoms with Crippen molar-refractivity contribution in [3.05, 3.63) is 0 Å². The lowest BCUT2D eigenvalue weighted by Crippen LogP contribution is -2.47. The summed E-state index contributed by atoms with van der Waals surface area (Å²) in [7, 11) is 0. The molecule has 0 aliphatic heterocycles. The Morgan fingerprint density at radius 1 is 0.550 bits per heavy atom. The Kier molecular flexibility index (Phi) is 7.97. The van der Waals surface area contributed by atoms with Gasteiger partial charge in [0.15, 0.2) is 0 Å². The van der Waals surface area contributed by atoms with E-state index in [1.807, 2.05) is 0 Å². The van der Waals surface area contributed by atoms with Gasteiger partial charge in [0, 0.05) is 12.1 Å². The minimum absolute atomic E-state index is 0.0925. The van der Waals surface area contributed by atoms with Crippen molar-refractivity contribution in [2.45, 2.75) is 114 Å². The number of nitrogens with one attached hydrogen (secondary N) is 1. The molecule has 2 aliphatic carbocycles. The molecule has 0 saturated heterocycles. The van der Waals surface area contributed by atoms with Gasteiger partial charge in [-0.25, -0.2) is 0 Å². The number of hydrogen-bond donors (Lipinski definition) is 2. The lowest BCUT2D eigenvalue weighted by Gasteiger charge is -2.32. The van der Waals surface area contributed by atoms with Crippen molar-refractivity contribution in [3.8, 4) is 0 Å². The van der Waals surface area contributed by atoms with Crippen LogP contribution in [0.5, 0.6) is 0 Å². The Hall–Kier alpha value is -0.0800. The zero-order valence-corrected chi connectivity index (χ0v) is 13.3. The van der Waals surface area contributed by atoms with Crippen molar-refractivity contribution in [1.82, 2.24) is 5.32 Å². The van der Waals surface area contributed by atoms with E-state index in [1.54, 1.807) is 0 Å². The Morgan fingerprint density at radius 3 is 1.55 bits per heavy atom. The van der Waals surface area contributed by atoms with Crippen LogP contribution in [0, 0.1) is 0 Å². The molecule has 2 aliphatic rings. The molecule has 118 valence electrons. The van der Waals surface area contributed by atoms with E-state index in [0.29, 0.717) is 12.1 Å². The van der Waals surface area contributed by atoms with E-state index in [2.05, 4.69) is 5.32 Å². The lowest BCUT2D eigenvalue weighted by atomic mass is 9.90. The molecular weight excluding hydrogens is 246 g/mol. The monoisotopic (exact) mass is 281 g/mol. The normalized spacial score (nSPS) is 32.2. The standard InChI is InChI=1S/C18H35NO/c20-18-15-11-10-14-17(18)19-16-12-8-6-4-2-1-3-5-7-9-13-16/h16-20H,1-15H2. The van der Waals surface area contributed by atoms with Crippen molar-refractivity contribution in [3.63, 3.8) is 0 Å². The van der Waals surface area contributed by atoms with Crippen LogP contribution in [-0.4, -0.2) is 23.3 Å². The highest BCUT2D eigenvalue weighted by atomic mass is 16.3. The van der Waals surface area contributed by atoms with Gasteiger partial charge in [-0.05, 0) is 25.7 Å². The van der Waals surface area contributed by atoms with Crippen LogP contribution in [0.4, 0.5) is 0 Å². The van der Waals surface area contributed by atoms with Crippen LogP contribution >= 0.6 is 0 Å². The molecule has 2 atom stereocenters. The van der Waals surface area contributed by atoms with E-state index in [9.17, 15) is 5.11 Å². The topological polar surface area (TPSA) is 32.3 Å². The minimum Gasteiger partial charge on any atom is -0.392 e. The molecule has 0 spiro atoms. The van der Waals surface area contributed by atoms with E-state index in [4.69, 9.17) is 0 Å². The first-order valence-corrected chi connectivity index (χ1v) is 9.30. The molecule has 2 rings (SSSR count). The predicted octanol–water partition coefficient (Wildman–Crippen LogP) is 4.55. The third kappa shape index (κ3) is 6.13. The predicted molar refractivity (Wildman–Crippen MR) is 86.0 cm³/mol. The number of hydrogen-bond acceptors (Lipinski definition) is 2. The van der Waals surface area contributed by atoms with Crippen LogP contribution in [0.3, 0.4) is 0 Å². The second kappa shape index (κ2) is 9.78. The van der Waals surface area contributed by atoms with E-state index in [0.717, 1.165) is 6.42 Å². The summed E-state index contributed by atoms with van der Waals surface area (Å²) in [5.74, 6) is 0. The van der Waals surface area contributed by atoms with Crippen molar-refractivity contribution < 1.29 is 5.11 Å². The van der Waals surface area contributed by atoms with E-state index >= 15 is 0 Å². The highest BCUT2D eigenvalue weighted by molar-refractivity contribution is 4.83. The van der Waals surface area contributed by atoms with E-state index < -0.39 is 0 Å². The number of rotatable bonds is 2. The fraction of sp³-hybridized carbons (Fsp3) is 1.00. The molecule has 20 heavy (non-hydrogen) atoms. The minimum atomic E-state index is -0.0925. The molecule has 0 bridgehead atoms. The smallest absolute Gasteiger partial charge is 0.0693 e. The molecule has 2 saturated carbocycles. The third-order valence-corrected chi connectivity index (χ3v) is 5.28. The first kappa shape index (κ1) is 16.3. The van der Waals surface area contributed by atoms with Gasteiger partial charge in [0.25, 0.3) is 0 Å². The highest BCUT2D eigenvalue weighted by Crippen LogP contribution is 2.22. The van der Waals surface area contributed by atoms with Gasteiger partial charge in [-0.3, -0.25) is 0 Å². The quantitative estimate of drug-likeness (QED) is 0.778. The van der Waals surface area contributed by atoms with Gasteiger partial charge in [0.1, 0.15) is 0 Å². The Balaban J connectivity index is 1.75. The molecule has 0 radical (unpaired) electrons. The summed E-state index contributed by atoms with van der Waals surface area (Å²) in [4.78, 5) is 0. The highest BCUT2D eigenvalue weighted by Gasteiger charge is 2.24. The summed E-state index contributed by atoms with van der Waals surface area (Å²) in [5, 5.41) is 14.0. The van der Waals surface area contributed by atoms with Crippen LogP contribution in [0.25, 0.3) is 0 Å². The summed E-state index contributed by atoms with van der Waals surface area (Å²) >= 11 is 0. The number of aliphatic hydroxyl groups is 1. The van der Waals surface area contributed by atoms with Gasteiger partial charge in [-0.1, -0.05) is 70.6 Å². The second-order valence-corrected chi connectivity index (χ2v) is 7.08. The summed E-state index contributed by atoms with van der Waals surface area (Å²) in [6.07, 6.45) is 20.0. The molecule has 2 unspecified atom stereocenters. The molecule has 0 aromatic heterocycles. The molecule has 2 heteroatoms. The van der Waals surface area contributed by atoms with Gasteiger partial charge < -0.3 is 10.4 Å². The summed E-state index contributed by atoms with van der Waals surface area (Å²) in [5.41, 5.74) is 0. The first-order chi connectivity index (χ1) is 9.86. The summed E-state index contributed by atoms with van der Waals surface area (Å²) in [6.45, 7) is 0. The van der Waals surface area contributed by atoms with Gasteiger partial charge in [-0.2, -0.15) is 0 Å². The van der Waals surface area contributed by atoms with Crippen LogP contribution in [0.1, 0.15) is 96.3 Å². The van der Waals surface area contributed by atoms with E-state index in [1.165, 1.54) is 89.9 Å². The average molecular weight is 281 g/mol. The zero-order valence-electron chi connectivity index (χ0n) is 13.3. The number of aliphatic hydroxyl groups excluding tert-OH is 1. The summed E-state index contributed by atoms with van der Waals surface area (Å²) in [6, 6.07) is 1.04. The fourth-order valence-electron chi connectivity index (χ4n) is 3.94. The van der Waals surface area contributed by atoms with Crippen molar-refractivity contribution in [2.24, 2.45) is 0 Å². The van der Waals surface area contributed by atoms with Crippen LogP contribution in [0.2, 0.25) is 0 Å². The van der Waals surface area contributed by atoms with Crippen molar-refractivity contribution in [2.75, 3.05) is 0 Å². The third-order valence-electron chi connectivity index (χ3n) is 5.28. The first-order valence-electron chi connectivity index (χ1n) is 9.30. The molecule has 0 amide bonds. The SMILES string of the molecule is OC1CCCCC1NC1CCCCCCCCCCC1. The molecular formula is C18H35NO. The van der Waals surface area contributed by atoms with Crippen LogP contribution in [0.15, 0.2) is 0 Å². The molecule has 0 aromatic carbocycles. The maximum atomic E-state index is 10.1. The van der Waals surface area contributed by atoms with Gasteiger partial charge in [0.2, 0.25) is 0 Å². The van der Waals surface area contributed by atoms with Gasteiger partial charge in [0.05, 0.1) is 6.10 Å². The Morgan fingerprint density at radius 2 is 1.00 bits per heavy atom. The second-order valence-electron chi connectivity index (χ2n) is 7.08. The van der Waals surface area contributed by atoms with Gasteiger partial charge in [-0.15, -0.1) is 0 Å². The molecule has 2 fully saturated rings. The fourth-order valence-corrected chi connectivity index (χ4v) is 3.94. The maximum Gasteiger partial charge on any atom is 0.0693 e. The van der Waals surface area contributed by atoms with E-state index in [-0.39, 0.29) is 6.10 Å². The van der Waals surface area contributed by atoms with Crippen LogP contribution < -0.4 is 5.32 Å². The zero-order chi connectivity index (χ0) is 14.0. The lowest BCUT2D eigenvalue weighted by molar-refractivity contribution is 0.0829.